The van der Waals surface area contributed by atoms with Crippen LogP contribution in [0.15, 0.2) is 0 Å². The number of fused-ring (bicyclic) bond motifs is 1. The molecule has 0 aromatic heterocycles. The monoisotopic (exact) mass is 153 g/mol. The molecular weight excluding hydrogens is 136 g/mol. The molecule has 1 heteroatoms. The maximum atomic E-state index is 5.92. The van der Waals surface area contributed by atoms with Crippen molar-refractivity contribution in [3.8, 4) is 0 Å². The quantitative estimate of drug-likeness (QED) is 0.519. The van der Waals surface area contributed by atoms with Crippen molar-refractivity contribution in [1.82, 2.24) is 0 Å². The lowest BCUT2D eigenvalue weighted by Crippen LogP contribution is -2.22. The summed E-state index contributed by atoms with van der Waals surface area (Å²) in [5.74, 6) is 0.763. The summed E-state index contributed by atoms with van der Waals surface area (Å²) in [5.41, 5.74) is 0.149. The van der Waals surface area contributed by atoms with Crippen LogP contribution in [0.2, 0.25) is 0 Å². The highest BCUT2D eigenvalue weighted by molar-refractivity contribution is 4.97. The lowest BCUT2D eigenvalue weighted by molar-refractivity contribution is -0.0263. The SMILES string of the molecule is CC1(C)C[C@H]2[CH]CCC[C@H]2O1. The molecule has 0 bridgehead atoms. The summed E-state index contributed by atoms with van der Waals surface area (Å²) in [4.78, 5) is 0. The molecule has 63 valence electrons. The minimum Gasteiger partial charge on any atom is -0.372 e. The summed E-state index contributed by atoms with van der Waals surface area (Å²) >= 11 is 0. The van der Waals surface area contributed by atoms with E-state index in [0.717, 1.165) is 5.92 Å². The third kappa shape index (κ3) is 1.44. The maximum Gasteiger partial charge on any atom is 0.0634 e. The fourth-order valence-corrected chi connectivity index (χ4v) is 2.40. The Hall–Kier alpha value is -0.0400. The summed E-state index contributed by atoms with van der Waals surface area (Å²) in [5, 5.41) is 0. The van der Waals surface area contributed by atoms with Crippen molar-refractivity contribution in [2.75, 3.05) is 0 Å². The second kappa shape index (κ2) is 2.48. The van der Waals surface area contributed by atoms with Gasteiger partial charge in [0.25, 0.3) is 0 Å². The highest BCUT2D eigenvalue weighted by Gasteiger charge is 2.40. The molecule has 0 aromatic rings. The molecule has 1 saturated heterocycles. The van der Waals surface area contributed by atoms with E-state index in [1.165, 1.54) is 25.7 Å². The van der Waals surface area contributed by atoms with Crippen molar-refractivity contribution in [1.29, 1.82) is 0 Å². The first-order valence-electron chi connectivity index (χ1n) is 4.68. The lowest BCUT2D eigenvalue weighted by Gasteiger charge is -2.23. The Labute approximate surface area is 69.1 Å². The van der Waals surface area contributed by atoms with Gasteiger partial charge >= 0.3 is 0 Å². The van der Waals surface area contributed by atoms with Crippen LogP contribution in [-0.2, 0) is 4.74 Å². The largest absolute Gasteiger partial charge is 0.372 e. The first-order chi connectivity index (χ1) is 5.17. The minimum atomic E-state index is 0.149. The van der Waals surface area contributed by atoms with Gasteiger partial charge in [0.15, 0.2) is 0 Å². The van der Waals surface area contributed by atoms with Gasteiger partial charge in [-0.15, -0.1) is 0 Å². The first-order valence-corrected chi connectivity index (χ1v) is 4.68. The Kier molecular flexibility index (Phi) is 1.71. The van der Waals surface area contributed by atoms with E-state index in [0.29, 0.717) is 6.10 Å². The van der Waals surface area contributed by atoms with Crippen LogP contribution in [0, 0.1) is 12.3 Å². The molecule has 1 aliphatic carbocycles. The smallest absolute Gasteiger partial charge is 0.0634 e. The van der Waals surface area contributed by atoms with E-state index in [1.54, 1.807) is 0 Å². The van der Waals surface area contributed by atoms with E-state index in [-0.39, 0.29) is 5.60 Å². The zero-order valence-electron chi connectivity index (χ0n) is 7.47. The van der Waals surface area contributed by atoms with E-state index in [9.17, 15) is 0 Å². The van der Waals surface area contributed by atoms with E-state index < -0.39 is 0 Å². The van der Waals surface area contributed by atoms with Crippen LogP contribution in [0.5, 0.6) is 0 Å². The third-order valence-electron chi connectivity index (χ3n) is 2.84. The van der Waals surface area contributed by atoms with Gasteiger partial charge < -0.3 is 4.74 Å². The topological polar surface area (TPSA) is 9.23 Å². The van der Waals surface area contributed by atoms with Crippen LogP contribution in [-0.4, -0.2) is 11.7 Å². The van der Waals surface area contributed by atoms with Crippen LogP contribution in [0.25, 0.3) is 0 Å². The Balaban J connectivity index is 2.03. The summed E-state index contributed by atoms with van der Waals surface area (Å²) in [7, 11) is 0. The van der Waals surface area contributed by atoms with Crippen LogP contribution >= 0.6 is 0 Å². The molecule has 1 nitrogen and oxygen atoms in total. The summed E-state index contributed by atoms with van der Waals surface area (Å²) in [6.07, 6.45) is 8.17. The molecule has 0 amide bonds. The average molecular weight is 153 g/mol. The predicted octanol–water partition coefficient (Wildman–Crippen LogP) is 2.56. The van der Waals surface area contributed by atoms with Crippen molar-refractivity contribution in [2.45, 2.75) is 51.2 Å². The molecule has 2 rings (SSSR count). The van der Waals surface area contributed by atoms with Gasteiger partial charge in [-0.2, -0.15) is 0 Å². The van der Waals surface area contributed by atoms with Crippen molar-refractivity contribution >= 4 is 0 Å². The van der Waals surface area contributed by atoms with Gasteiger partial charge in [-0.05, 0) is 45.4 Å². The molecule has 0 spiro atoms. The molecule has 1 saturated carbocycles. The molecule has 2 aliphatic rings. The highest BCUT2D eigenvalue weighted by atomic mass is 16.5. The van der Waals surface area contributed by atoms with Gasteiger partial charge in [0.2, 0.25) is 0 Å². The van der Waals surface area contributed by atoms with E-state index >= 15 is 0 Å². The fraction of sp³-hybridized carbons (Fsp3) is 0.900. The molecule has 2 fully saturated rings. The zero-order valence-corrected chi connectivity index (χ0v) is 7.47. The van der Waals surface area contributed by atoms with Crippen LogP contribution in [0.1, 0.15) is 39.5 Å². The van der Waals surface area contributed by atoms with Crippen molar-refractivity contribution in [3.05, 3.63) is 6.42 Å². The Morgan fingerprint density at radius 3 is 3.00 bits per heavy atom. The molecule has 0 N–H and O–H groups in total. The Morgan fingerprint density at radius 1 is 1.45 bits per heavy atom. The van der Waals surface area contributed by atoms with Gasteiger partial charge in [-0.1, -0.05) is 6.42 Å². The van der Waals surface area contributed by atoms with Crippen LogP contribution in [0.3, 0.4) is 0 Å². The molecule has 1 heterocycles. The Bertz CT molecular complexity index is 135. The zero-order chi connectivity index (χ0) is 7.90. The Morgan fingerprint density at radius 2 is 2.27 bits per heavy atom. The van der Waals surface area contributed by atoms with Gasteiger partial charge in [0.1, 0.15) is 0 Å². The van der Waals surface area contributed by atoms with E-state index in [1.807, 2.05) is 0 Å². The second-order valence-electron chi connectivity index (χ2n) is 4.45. The van der Waals surface area contributed by atoms with Crippen LogP contribution in [0.4, 0.5) is 0 Å². The summed E-state index contributed by atoms with van der Waals surface area (Å²) in [6.45, 7) is 4.42. The van der Waals surface area contributed by atoms with Gasteiger partial charge in [-0.3, -0.25) is 0 Å². The van der Waals surface area contributed by atoms with Gasteiger partial charge in [-0.25, -0.2) is 0 Å². The van der Waals surface area contributed by atoms with E-state index in [2.05, 4.69) is 20.3 Å². The van der Waals surface area contributed by atoms with Crippen LogP contribution < -0.4 is 0 Å². The summed E-state index contributed by atoms with van der Waals surface area (Å²) in [6, 6.07) is 0. The molecule has 1 aliphatic heterocycles. The number of rotatable bonds is 0. The fourth-order valence-electron chi connectivity index (χ4n) is 2.40. The first kappa shape index (κ1) is 7.60. The normalized spacial score (nSPS) is 42.0. The maximum absolute atomic E-state index is 5.92. The molecular formula is C10H17O. The highest BCUT2D eigenvalue weighted by Crippen LogP contribution is 2.41. The molecule has 2 atom stereocenters. The van der Waals surface area contributed by atoms with Gasteiger partial charge in [0.05, 0.1) is 11.7 Å². The number of hydrogen-bond acceptors (Lipinski definition) is 1. The van der Waals surface area contributed by atoms with Crippen molar-refractivity contribution in [3.63, 3.8) is 0 Å². The number of ether oxygens (including phenoxy) is 1. The number of hydrogen-bond donors (Lipinski definition) is 0. The molecule has 1 radical (unpaired) electrons. The van der Waals surface area contributed by atoms with E-state index in [4.69, 9.17) is 4.74 Å². The third-order valence-corrected chi connectivity index (χ3v) is 2.84. The van der Waals surface area contributed by atoms with Gasteiger partial charge in [0, 0.05) is 0 Å². The lowest BCUT2D eigenvalue weighted by atomic mass is 9.84. The minimum absolute atomic E-state index is 0.149. The molecule has 11 heavy (non-hydrogen) atoms. The predicted molar refractivity (Wildman–Crippen MR) is 45.2 cm³/mol. The molecule has 0 aromatic carbocycles. The summed E-state index contributed by atoms with van der Waals surface area (Å²) < 4.78 is 5.92. The van der Waals surface area contributed by atoms with Crippen molar-refractivity contribution in [2.24, 2.45) is 5.92 Å². The average Bonchev–Trinajstić information content (AvgIpc) is 2.21. The second-order valence-corrected chi connectivity index (χ2v) is 4.45. The molecule has 0 unspecified atom stereocenters. The van der Waals surface area contributed by atoms with Crippen molar-refractivity contribution < 1.29 is 4.74 Å². The standard InChI is InChI=1S/C10H17O/c1-10(2)7-8-5-3-4-6-9(8)11-10/h5,8-9H,3-4,6-7H2,1-2H3/t8-,9-/m1/s1.